The van der Waals surface area contributed by atoms with E-state index in [4.69, 9.17) is 11.6 Å². The normalized spacial score (nSPS) is 22.5. The number of benzene rings is 1. The summed E-state index contributed by atoms with van der Waals surface area (Å²) in [6, 6.07) is 7.85. The van der Waals surface area contributed by atoms with E-state index in [9.17, 15) is 13.2 Å². The first-order chi connectivity index (χ1) is 12.3. The van der Waals surface area contributed by atoms with Crippen LogP contribution >= 0.6 is 11.6 Å². The van der Waals surface area contributed by atoms with E-state index in [0.29, 0.717) is 38.4 Å². The zero-order chi connectivity index (χ0) is 18.7. The number of hydrogen-bond donors (Lipinski definition) is 1. The second-order valence-corrected chi connectivity index (χ2v) is 9.68. The molecule has 1 unspecified atom stereocenters. The molecule has 0 spiro atoms. The van der Waals surface area contributed by atoms with Gasteiger partial charge in [0.15, 0.2) is 0 Å². The number of nitrogens with one attached hydrogen (secondary N) is 1. The predicted molar refractivity (Wildman–Crippen MR) is 104 cm³/mol. The molecule has 6 nitrogen and oxygen atoms in total. The molecule has 0 radical (unpaired) electrons. The third-order valence-electron chi connectivity index (χ3n) is 5.34. The van der Waals surface area contributed by atoms with Crippen LogP contribution in [0.1, 0.15) is 19.3 Å². The largest absolute Gasteiger partial charge is 0.371 e. The maximum atomic E-state index is 12.4. The first kappa shape index (κ1) is 19.5. The topological polar surface area (TPSA) is 69.7 Å². The van der Waals surface area contributed by atoms with Crippen LogP contribution < -0.4 is 10.2 Å². The van der Waals surface area contributed by atoms with Gasteiger partial charge in [0.2, 0.25) is 15.9 Å². The van der Waals surface area contributed by atoms with Crippen LogP contribution in [0.4, 0.5) is 5.69 Å². The summed E-state index contributed by atoms with van der Waals surface area (Å²) in [5.74, 6) is 0.413. The van der Waals surface area contributed by atoms with E-state index in [0.717, 1.165) is 30.2 Å². The molecule has 2 aliphatic rings. The van der Waals surface area contributed by atoms with Gasteiger partial charge in [0.25, 0.3) is 0 Å². The molecule has 1 N–H and O–H groups in total. The van der Waals surface area contributed by atoms with E-state index in [1.54, 1.807) is 0 Å². The van der Waals surface area contributed by atoms with E-state index >= 15 is 0 Å². The van der Waals surface area contributed by atoms with E-state index in [1.165, 1.54) is 10.6 Å². The Labute approximate surface area is 160 Å². The van der Waals surface area contributed by atoms with Gasteiger partial charge in [-0.2, -0.15) is 0 Å². The lowest BCUT2D eigenvalue weighted by Crippen LogP contribution is -2.43. The first-order valence-corrected chi connectivity index (χ1v) is 11.3. The minimum atomic E-state index is -3.15. The molecule has 0 aromatic heterocycles. The summed E-state index contributed by atoms with van der Waals surface area (Å²) >= 11 is 5.94. The van der Waals surface area contributed by atoms with Crippen LogP contribution in [0.25, 0.3) is 0 Å². The van der Waals surface area contributed by atoms with E-state index in [1.807, 2.05) is 24.3 Å². The summed E-state index contributed by atoms with van der Waals surface area (Å²) in [5, 5.41) is 3.81. The Morgan fingerprint density at radius 2 is 1.81 bits per heavy atom. The van der Waals surface area contributed by atoms with Crippen molar-refractivity contribution in [2.24, 2.45) is 11.8 Å². The predicted octanol–water partition coefficient (Wildman–Crippen LogP) is 1.95. The molecule has 0 bridgehead atoms. The van der Waals surface area contributed by atoms with Gasteiger partial charge in [-0.1, -0.05) is 11.6 Å². The fourth-order valence-electron chi connectivity index (χ4n) is 3.72. The zero-order valence-electron chi connectivity index (χ0n) is 15.0. The number of hydrogen-bond acceptors (Lipinski definition) is 4. The van der Waals surface area contributed by atoms with Crippen molar-refractivity contribution in [1.29, 1.82) is 0 Å². The van der Waals surface area contributed by atoms with Crippen molar-refractivity contribution in [1.82, 2.24) is 9.62 Å². The van der Waals surface area contributed by atoms with Crippen LogP contribution in [-0.2, 0) is 14.8 Å². The van der Waals surface area contributed by atoms with Gasteiger partial charge in [-0.05, 0) is 49.4 Å². The van der Waals surface area contributed by atoms with Crippen LogP contribution in [-0.4, -0.2) is 57.6 Å². The van der Waals surface area contributed by atoms with Gasteiger partial charge in [0.05, 0.1) is 6.26 Å². The number of sulfonamides is 1. The molecule has 1 aromatic carbocycles. The lowest BCUT2D eigenvalue weighted by molar-refractivity contribution is -0.126. The summed E-state index contributed by atoms with van der Waals surface area (Å²) in [4.78, 5) is 14.7. The Balaban J connectivity index is 1.42. The Hall–Kier alpha value is -1.31. The van der Waals surface area contributed by atoms with Crippen molar-refractivity contribution in [3.63, 3.8) is 0 Å². The highest BCUT2D eigenvalue weighted by molar-refractivity contribution is 7.88. The van der Waals surface area contributed by atoms with Crippen LogP contribution in [0, 0.1) is 11.8 Å². The number of amides is 1. The van der Waals surface area contributed by atoms with Gasteiger partial charge >= 0.3 is 0 Å². The van der Waals surface area contributed by atoms with E-state index in [2.05, 4.69) is 10.2 Å². The van der Waals surface area contributed by atoms with Crippen molar-refractivity contribution < 1.29 is 13.2 Å². The molecule has 144 valence electrons. The smallest absolute Gasteiger partial charge is 0.223 e. The number of nitrogens with zero attached hydrogens (tertiary/aromatic N) is 2. The zero-order valence-corrected chi connectivity index (χ0v) is 16.6. The third kappa shape index (κ3) is 4.90. The van der Waals surface area contributed by atoms with Crippen LogP contribution in [0.15, 0.2) is 24.3 Å². The molecular formula is C18H26ClN3O3S. The minimum absolute atomic E-state index is 0.0584. The number of piperidine rings is 1. The fraction of sp³-hybridized carbons (Fsp3) is 0.611. The fourth-order valence-corrected chi connectivity index (χ4v) is 4.72. The molecule has 1 aromatic rings. The molecule has 0 aliphatic carbocycles. The molecular weight excluding hydrogens is 374 g/mol. The molecule has 26 heavy (non-hydrogen) atoms. The second-order valence-electron chi connectivity index (χ2n) is 7.26. The Morgan fingerprint density at radius 1 is 1.15 bits per heavy atom. The summed E-state index contributed by atoms with van der Waals surface area (Å²) in [5.41, 5.74) is 1.16. The summed E-state index contributed by atoms with van der Waals surface area (Å²) < 4.78 is 24.5. The van der Waals surface area contributed by atoms with Crippen LogP contribution in [0.5, 0.6) is 0 Å². The maximum absolute atomic E-state index is 12.4. The molecule has 1 atom stereocenters. The molecule has 1 amide bonds. The molecule has 2 saturated heterocycles. The average molecular weight is 400 g/mol. The summed E-state index contributed by atoms with van der Waals surface area (Å²) in [6.45, 7) is 3.45. The number of halogens is 1. The minimum Gasteiger partial charge on any atom is -0.371 e. The lowest BCUT2D eigenvalue weighted by Gasteiger charge is -2.29. The van der Waals surface area contributed by atoms with Crippen molar-refractivity contribution >= 4 is 33.2 Å². The molecule has 2 aliphatic heterocycles. The number of carbonyl (C=O) groups is 1. The van der Waals surface area contributed by atoms with Gasteiger partial charge in [-0.25, -0.2) is 12.7 Å². The molecule has 0 saturated carbocycles. The van der Waals surface area contributed by atoms with Crippen molar-refractivity contribution in [2.75, 3.05) is 43.9 Å². The lowest BCUT2D eigenvalue weighted by atomic mass is 9.97. The third-order valence-corrected chi connectivity index (χ3v) is 6.89. The highest BCUT2D eigenvalue weighted by Gasteiger charge is 2.30. The van der Waals surface area contributed by atoms with Crippen molar-refractivity contribution in [2.45, 2.75) is 19.3 Å². The highest BCUT2D eigenvalue weighted by atomic mass is 35.5. The Kier molecular flexibility index (Phi) is 6.10. The van der Waals surface area contributed by atoms with Crippen LogP contribution in [0.2, 0.25) is 5.02 Å². The number of rotatable bonds is 5. The summed E-state index contributed by atoms with van der Waals surface area (Å²) in [7, 11) is -3.15. The average Bonchev–Trinajstić information content (AvgIpc) is 3.08. The first-order valence-electron chi connectivity index (χ1n) is 9.06. The Bertz CT molecular complexity index is 731. The SMILES string of the molecule is CS(=O)(=O)N1CCC(C(=O)NCC2CCN(c3ccc(Cl)cc3)C2)CC1. The second kappa shape index (κ2) is 8.15. The van der Waals surface area contributed by atoms with E-state index < -0.39 is 10.0 Å². The van der Waals surface area contributed by atoms with Gasteiger partial charge in [0, 0.05) is 49.4 Å². The van der Waals surface area contributed by atoms with Gasteiger partial charge in [-0.15, -0.1) is 0 Å². The van der Waals surface area contributed by atoms with Crippen molar-refractivity contribution in [3.05, 3.63) is 29.3 Å². The molecule has 2 heterocycles. The molecule has 3 rings (SSSR count). The standard InChI is InChI=1S/C18H26ClN3O3S/c1-26(24,25)22-10-7-15(8-11-22)18(23)20-12-14-6-9-21(13-14)17-4-2-16(19)3-5-17/h2-5,14-15H,6-13H2,1H3,(H,20,23). The summed E-state index contributed by atoms with van der Waals surface area (Å²) in [6.07, 6.45) is 3.47. The van der Waals surface area contributed by atoms with Gasteiger partial charge in [0.1, 0.15) is 0 Å². The van der Waals surface area contributed by atoms with Gasteiger partial charge in [-0.3, -0.25) is 4.79 Å². The van der Waals surface area contributed by atoms with E-state index in [-0.39, 0.29) is 11.8 Å². The molecule has 8 heteroatoms. The molecule has 2 fully saturated rings. The van der Waals surface area contributed by atoms with Crippen molar-refractivity contribution in [3.8, 4) is 0 Å². The van der Waals surface area contributed by atoms with Crippen LogP contribution in [0.3, 0.4) is 0 Å². The number of anilines is 1. The monoisotopic (exact) mass is 399 g/mol. The number of carbonyl (C=O) groups excluding carboxylic acids is 1. The van der Waals surface area contributed by atoms with Gasteiger partial charge < -0.3 is 10.2 Å². The quantitative estimate of drug-likeness (QED) is 0.821. The highest BCUT2D eigenvalue weighted by Crippen LogP contribution is 2.25. The Morgan fingerprint density at radius 3 is 2.42 bits per heavy atom. The maximum Gasteiger partial charge on any atom is 0.223 e.